The van der Waals surface area contributed by atoms with E-state index >= 15 is 0 Å². The molecule has 0 aliphatic heterocycles. The first-order valence-corrected chi connectivity index (χ1v) is 5.87. The van der Waals surface area contributed by atoms with Gasteiger partial charge in [-0.3, -0.25) is 0 Å². The second-order valence-electron chi connectivity index (χ2n) is 3.84. The molecule has 0 spiro atoms. The number of rotatable bonds is 2. The van der Waals surface area contributed by atoms with Gasteiger partial charge in [-0.2, -0.15) is 0 Å². The van der Waals surface area contributed by atoms with Gasteiger partial charge in [-0.1, -0.05) is 23.4 Å². The third kappa shape index (κ3) is 2.10. The maximum absolute atomic E-state index is 14.0. The standard InChI is InChI=1S/C11H12BrFN4/c1-6-4-3-5-7(8(6)13)9(14)10-11(12)15-16-17(10)2/h3-5,9H,14H2,1-2H3. The molecule has 0 fully saturated rings. The lowest BCUT2D eigenvalue weighted by atomic mass is 10.0. The summed E-state index contributed by atoms with van der Waals surface area (Å²) in [6.45, 7) is 1.71. The zero-order valence-electron chi connectivity index (χ0n) is 9.48. The zero-order valence-corrected chi connectivity index (χ0v) is 11.1. The summed E-state index contributed by atoms with van der Waals surface area (Å²) in [4.78, 5) is 0. The van der Waals surface area contributed by atoms with Gasteiger partial charge in [0.25, 0.3) is 0 Å². The molecule has 17 heavy (non-hydrogen) atoms. The fourth-order valence-electron chi connectivity index (χ4n) is 1.73. The zero-order chi connectivity index (χ0) is 12.6. The van der Waals surface area contributed by atoms with Crippen LogP contribution in [0.15, 0.2) is 22.8 Å². The summed E-state index contributed by atoms with van der Waals surface area (Å²) in [7, 11) is 1.72. The molecule has 2 N–H and O–H groups in total. The number of aryl methyl sites for hydroxylation is 2. The van der Waals surface area contributed by atoms with Crippen LogP contribution in [0, 0.1) is 12.7 Å². The van der Waals surface area contributed by atoms with Crippen LogP contribution in [0.1, 0.15) is 22.9 Å². The molecule has 0 bridgehead atoms. The van der Waals surface area contributed by atoms with Gasteiger partial charge in [-0.25, -0.2) is 9.07 Å². The summed E-state index contributed by atoms with van der Waals surface area (Å²) in [5.41, 5.74) is 7.72. The summed E-state index contributed by atoms with van der Waals surface area (Å²) in [6.07, 6.45) is 0. The molecule has 1 atom stereocenters. The first kappa shape index (κ1) is 12.2. The van der Waals surface area contributed by atoms with Gasteiger partial charge < -0.3 is 5.73 Å². The maximum atomic E-state index is 14.0. The largest absolute Gasteiger partial charge is 0.319 e. The second-order valence-corrected chi connectivity index (χ2v) is 4.60. The van der Waals surface area contributed by atoms with E-state index in [2.05, 4.69) is 26.2 Å². The highest BCUT2D eigenvalue weighted by molar-refractivity contribution is 9.10. The van der Waals surface area contributed by atoms with Crippen molar-refractivity contribution in [2.45, 2.75) is 13.0 Å². The number of hydrogen-bond acceptors (Lipinski definition) is 3. The van der Waals surface area contributed by atoms with Crippen molar-refractivity contribution < 1.29 is 4.39 Å². The van der Waals surface area contributed by atoms with Crippen LogP contribution in [0.3, 0.4) is 0 Å². The van der Waals surface area contributed by atoms with Crippen molar-refractivity contribution in [2.24, 2.45) is 12.8 Å². The Bertz CT molecular complexity index is 533. The van der Waals surface area contributed by atoms with Gasteiger partial charge in [0.05, 0.1) is 11.7 Å². The highest BCUT2D eigenvalue weighted by Gasteiger charge is 2.21. The van der Waals surface area contributed by atoms with Crippen molar-refractivity contribution in [3.8, 4) is 0 Å². The second kappa shape index (κ2) is 4.54. The fourth-order valence-corrected chi connectivity index (χ4v) is 2.30. The highest BCUT2D eigenvalue weighted by Crippen LogP contribution is 2.27. The Kier molecular flexibility index (Phi) is 3.26. The van der Waals surface area contributed by atoms with Crippen LogP contribution in [0.2, 0.25) is 0 Å². The predicted octanol–water partition coefficient (Wildman–Crippen LogP) is 2.07. The summed E-state index contributed by atoms with van der Waals surface area (Å²) in [6, 6.07) is 4.57. The van der Waals surface area contributed by atoms with Crippen LogP contribution in [0.25, 0.3) is 0 Å². The van der Waals surface area contributed by atoms with Crippen LogP contribution >= 0.6 is 15.9 Å². The maximum Gasteiger partial charge on any atom is 0.153 e. The molecule has 1 aromatic heterocycles. The lowest BCUT2D eigenvalue weighted by molar-refractivity contribution is 0.577. The minimum absolute atomic E-state index is 0.284. The molecule has 0 aliphatic carbocycles. The van der Waals surface area contributed by atoms with E-state index in [1.165, 1.54) is 4.68 Å². The van der Waals surface area contributed by atoms with Crippen LogP contribution < -0.4 is 5.73 Å². The van der Waals surface area contributed by atoms with Gasteiger partial charge in [-0.15, -0.1) is 5.10 Å². The number of nitrogens with zero attached hydrogens (tertiary/aromatic N) is 3. The Morgan fingerprint density at radius 3 is 2.76 bits per heavy atom. The van der Waals surface area contributed by atoms with Crippen LogP contribution in [0.4, 0.5) is 4.39 Å². The van der Waals surface area contributed by atoms with E-state index in [1.807, 2.05) is 0 Å². The van der Waals surface area contributed by atoms with Gasteiger partial charge in [0.1, 0.15) is 5.82 Å². The molecule has 2 rings (SSSR count). The topological polar surface area (TPSA) is 56.7 Å². The van der Waals surface area contributed by atoms with Gasteiger partial charge >= 0.3 is 0 Å². The molecule has 1 aromatic carbocycles. The Morgan fingerprint density at radius 1 is 1.47 bits per heavy atom. The number of nitrogens with two attached hydrogens (primary N) is 1. The van der Waals surface area contributed by atoms with E-state index < -0.39 is 6.04 Å². The quantitative estimate of drug-likeness (QED) is 0.923. The predicted molar refractivity (Wildman–Crippen MR) is 65.9 cm³/mol. The molecular weight excluding hydrogens is 287 g/mol. The number of hydrogen-bond donors (Lipinski definition) is 1. The lowest BCUT2D eigenvalue weighted by Crippen LogP contribution is -2.18. The fraction of sp³-hybridized carbons (Fsp3) is 0.273. The molecule has 0 amide bonds. The van der Waals surface area contributed by atoms with Crippen molar-refractivity contribution in [1.82, 2.24) is 15.0 Å². The SMILES string of the molecule is Cc1cccc(C(N)c2c(Br)nnn2C)c1F. The summed E-state index contributed by atoms with van der Waals surface area (Å²) in [5.74, 6) is -0.284. The summed E-state index contributed by atoms with van der Waals surface area (Å²) < 4.78 is 16.0. The average Bonchev–Trinajstić information content (AvgIpc) is 2.62. The molecule has 0 saturated heterocycles. The number of aromatic nitrogens is 3. The molecule has 0 saturated carbocycles. The molecule has 90 valence electrons. The van der Waals surface area contributed by atoms with Crippen LogP contribution in [-0.4, -0.2) is 15.0 Å². The van der Waals surface area contributed by atoms with Gasteiger partial charge in [0.15, 0.2) is 4.60 Å². The monoisotopic (exact) mass is 298 g/mol. The number of halogens is 2. The highest BCUT2D eigenvalue weighted by atomic mass is 79.9. The molecule has 2 aromatic rings. The Labute approximate surface area is 107 Å². The minimum Gasteiger partial charge on any atom is -0.319 e. The molecule has 0 radical (unpaired) electrons. The van der Waals surface area contributed by atoms with Gasteiger partial charge in [-0.05, 0) is 28.4 Å². The Balaban J connectivity index is 2.51. The van der Waals surface area contributed by atoms with Crippen LogP contribution in [-0.2, 0) is 7.05 Å². The van der Waals surface area contributed by atoms with E-state index in [-0.39, 0.29) is 5.82 Å². The molecule has 1 heterocycles. The summed E-state index contributed by atoms with van der Waals surface area (Å²) >= 11 is 3.26. The Morgan fingerprint density at radius 2 is 2.18 bits per heavy atom. The third-order valence-electron chi connectivity index (χ3n) is 2.68. The normalized spacial score (nSPS) is 12.8. The smallest absolute Gasteiger partial charge is 0.153 e. The van der Waals surface area contributed by atoms with Crippen molar-refractivity contribution in [3.63, 3.8) is 0 Å². The first-order chi connectivity index (χ1) is 8.02. The molecular formula is C11H12BrFN4. The lowest BCUT2D eigenvalue weighted by Gasteiger charge is -2.14. The van der Waals surface area contributed by atoms with Crippen molar-refractivity contribution in [1.29, 1.82) is 0 Å². The first-order valence-electron chi connectivity index (χ1n) is 5.08. The van der Waals surface area contributed by atoms with E-state index in [9.17, 15) is 4.39 Å². The van der Waals surface area contributed by atoms with Gasteiger partial charge in [0, 0.05) is 12.6 Å². The molecule has 0 aliphatic rings. The Hall–Kier alpha value is -1.27. The molecule has 4 nitrogen and oxygen atoms in total. The van der Waals surface area contributed by atoms with Crippen molar-refractivity contribution in [3.05, 3.63) is 45.4 Å². The number of benzene rings is 1. The van der Waals surface area contributed by atoms with E-state index in [0.29, 0.717) is 21.4 Å². The molecule has 6 heteroatoms. The van der Waals surface area contributed by atoms with E-state index in [0.717, 1.165) is 0 Å². The van der Waals surface area contributed by atoms with E-state index in [1.54, 1.807) is 32.2 Å². The van der Waals surface area contributed by atoms with Gasteiger partial charge in [0.2, 0.25) is 0 Å². The average molecular weight is 299 g/mol. The van der Waals surface area contributed by atoms with E-state index in [4.69, 9.17) is 5.73 Å². The van der Waals surface area contributed by atoms with Crippen molar-refractivity contribution >= 4 is 15.9 Å². The summed E-state index contributed by atoms with van der Waals surface area (Å²) in [5, 5.41) is 7.67. The minimum atomic E-state index is -0.593. The van der Waals surface area contributed by atoms with Crippen LogP contribution in [0.5, 0.6) is 0 Å². The molecule has 1 unspecified atom stereocenters. The third-order valence-corrected chi connectivity index (χ3v) is 3.24. The van der Waals surface area contributed by atoms with Crippen molar-refractivity contribution in [2.75, 3.05) is 0 Å².